The number of aromatic hydroxyl groups is 2. The first-order chi connectivity index (χ1) is 47.1. The van der Waals surface area contributed by atoms with Crippen LogP contribution in [-0.2, 0) is 94.4 Å². The highest BCUT2D eigenvalue weighted by Crippen LogP contribution is 2.15. The van der Waals surface area contributed by atoms with Gasteiger partial charge in [-0.05, 0) is 79.6 Å². The zero-order valence-electron chi connectivity index (χ0n) is 54.1. The first kappa shape index (κ1) is 76.1. The Morgan fingerprint density at radius 3 is 1.58 bits per heavy atom. The molecule has 34 nitrogen and oxygen atoms in total. The SMILES string of the molecule is C[C@@H]1NC(=O)[C@H](CC(N)=O)NC(=O)[C@H](C)NC(=O)[C@H](CCCNC(=N)N)NC(=O)[C@@H](Cc2ccccc2)NC(=O)[C@H](Cc2c[nH]cn2)NC(=O)C[C@@H](NC(=O)[C@@H](N)Cc2ccc(O)cc2)C(=O)NCC(C(=O)N[C@@H](Cc2ccc(O)cc2)C(N)=O)NC(=O)[C@H](Cc2ccccc2)NC1=O. The third-order valence-corrected chi connectivity index (χ3v) is 15.5. The second-order valence-corrected chi connectivity index (χ2v) is 23.5. The molecule has 0 aliphatic carbocycles. The number of primary amides is 2. The van der Waals surface area contributed by atoms with Crippen molar-refractivity contribution in [1.29, 1.82) is 5.41 Å². The van der Waals surface area contributed by atoms with Gasteiger partial charge < -0.3 is 102 Å². The molecule has 0 bridgehead atoms. The van der Waals surface area contributed by atoms with Gasteiger partial charge in [0.15, 0.2) is 5.96 Å². The van der Waals surface area contributed by atoms with Crippen molar-refractivity contribution >= 4 is 82.8 Å². The van der Waals surface area contributed by atoms with E-state index < -0.39 is 169 Å². The monoisotopic (exact) mass is 1370 g/mol. The van der Waals surface area contributed by atoms with Gasteiger partial charge in [0.2, 0.25) is 76.8 Å². The van der Waals surface area contributed by atoms with Gasteiger partial charge in [-0.2, -0.15) is 0 Å². The summed E-state index contributed by atoms with van der Waals surface area (Å²) in [6, 6.07) is 9.41. The molecule has 1 aromatic heterocycles. The van der Waals surface area contributed by atoms with Crippen molar-refractivity contribution in [1.82, 2.24) is 73.8 Å². The average molecular weight is 1370 g/mol. The lowest BCUT2D eigenvalue weighted by Crippen LogP contribution is -2.62. The van der Waals surface area contributed by atoms with Crippen molar-refractivity contribution in [3.63, 3.8) is 0 Å². The van der Waals surface area contributed by atoms with Crippen LogP contribution in [0.15, 0.2) is 122 Å². The summed E-state index contributed by atoms with van der Waals surface area (Å²) in [5, 5.41) is 57.4. The van der Waals surface area contributed by atoms with Crippen LogP contribution in [0, 0.1) is 5.41 Å². The number of benzene rings is 4. The highest BCUT2D eigenvalue weighted by atomic mass is 16.3. The Bertz CT molecular complexity index is 3660. The van der Waals surface area contributed by atoms with Crippen LogP contribution in [0.1, 0.15) is 67.5 Å². The van der Waals surface area contributed by atoms with Gasteiger partial charge in [0.1, 0.15) is 71.9 Å². The summed E-state index contributed by atoms with van der Waals surface area (Å²) < 4.78 is 0. The molecule has 0 spiro atoms. The second-order valence-electron chi connectivity index (χ2n) is 23.5. The number of carbonyl (C=O) groups is 13. The van der Waals surface area contributed by atoms with Crippen LogP contribution in [0.25, 0.3) is 0 Å². The Balaban J connectivity index is 1.45. The van der Waals surface area contributed by atoms with E-state index in [0.29, 0.717) is 22.3 Å². The van der Waals surface area contributed by atoms with Crippen molar-refractivity contribution < 1.29 is 72.5 Å². The van der Waals surface area contributed by atoms with Gasteiger partial charge in [-0.25, -0.2) is 4.98 Å². The summed E-state index contributed by atoms with van der Waals surface area (Å²) in [6.45, 7) is 1.50. The van der Waals surface area contributed by atoms with E-state index in [0.717, 1.165) is 0 Å². The Hall–Kier alpha value is -12.0. The highest BCUT2D eigenvalue weighted by molar-refractivity contribution is 6.00. The molecule has 11 atom stereocenters. The number of rotatable bonds is 21. The van der Waals surface area contributed by atoms with Crippen LogP contribution in [0.3, 0.4) is 0 Å². The molecule has 528 valence electrons. The number of carbonyl (C=O) groups excluding carboxylic acids is 13. The number of guanidine groups is 1. The molecular weight excluding hydrogens is 1290 g/mol. The number of imidazole rings is 1. The number of H-pyrrole nitrogens is 1. The van der Waals surface area contributed by atoms with E-state index in [9.17, 15) is 72.5 Å². The maximum absolute atomic E-state index is 14.8. The Kier molecular flexibility index (Phi) is 28.7. The molecule has 1 saturated heterocycles. The van der Waals surface area contributed by atoms with Crippen LogP contribution < -0.4 is 86.7 Å². The average Bonchev–Trinajstić information content (AvgIpc) is 1.74. The van der Waals surface area contributed by atoms with Crippen LogP contribution in [-0.4, -0.2) is 182 Å². The Morgan fingerprint density at radius 2 is 1.06 bits per heavy atom. The van der Waals surface area contributed by atoms with Gasteiger partial charge in [0.05, 0.1) is 30.9 Å². The van der Waals surface area contributed by atoms with Crippen LogP contribution in [0.4, 0.5) is 0 Å². The fourth-order valence-electron chi connectivity index (χ4n) is 10.1. The number of aromatic nitrogens is 2. The van der Waals surface area contributed by atoms with E-state index in [-0.39, 0.29) is 68.7 Å². The smallest absolute Gasteiger partial charge is 0.245 e. The molecule has 0 radical (unpaired) electrons. The lowest BCUT2D eigenvalue weighted by atomic mass is 10.0. The molecule has 5 aromatic rings. The van der Waals surface area contributed by atoms with Gasteiger partial charge in [0.25, 0.3) is 0 Å². The molecule has 6 rings (SSSR count). The first-order valence-electron chi connectivity index (χ1n) is 31.4. The predicted molar refractivity (Wildman–Crippen MR) is 355 cm³/mol. The largest absolute Gasteiger partial charge is 0.508 e. The van der Waals surface area contributed by atoms with Crippen molar-refractivity contribution in [2.45, 2.75) is 138 Å². The topological polar surface area (TPSA) is 563 Å². The minimum atomic E-state index is -1.94. The number of hydrogen-bond donors (Lipinski definition) is 20. The quantitative estimate of drug-likeness (QED) is 0.0185. The van der Waals surface area contributed by atoms with Crippen LogP contribution >= 0.6 is 0 Å². The lowest BCUT2D eigenvalue weighted by Gasteiger charge is -2.27. The molecule has 4 aromatic carbocycles. The molecule has 1 aliphatic rings. The van der Waals surface area contributed by atoms with Gasteiger partial charge in [-0.1, -0.05) is 84.9 Å². The molecule has 13 amide bonds. The van der Waals surface area contributed by atoms with Crippen LogP contribution in [0.5, 0.6) is 11.5 Å². The van der Waals surface area contributed by atoms with Crippen molar-refractivity contribution in [3.8, 4) is 11.5 Å². The number of hydrogen-bond acceptors (Lipinski definition) is 18. The molecular formula is C65H83N19O15. The summed E-state index contributed by atoms with van der Waals surface area (Å²) in [4.78, 5) is 191. The lowest BCUT2D eigenvalue weighted by molar-refractivity contribution is -0.136. The predicted octanol–water partition coefficient (Wildman–Crippen LogP) is -5.31. The van der Waals surface area contributed by atoms with E-state index >= 15 is 0 Å². The maximum Gasteiger partial charge on any atom is 0.245 e. The number of nitrogens with zero attached hydrogens (tertiary/aromatic N) is 1. The van der Waals surface area contributed by atoms with Gasteiger partial charge in [-0.15, -0.1) is 0 Å². The number of phenolic OH excluding ortho intramolecular Hbond substituents is 2. The minimum Gasteiger partial charge on any atom is -0.508 e. The van der Waals surface area contributed by atoms with E-state index in [1.54, 1.807) is 60.7 Å². The summed E-state index contributed by atoms with van der Waals surface area (Å²) in [5.41, 5.74) is 25.2. The minimum absolute atomic E-state index is 0.0180. The molecule has 1 unspecified atom stereocenters. The normalized spacial score (nSPS) is 21.9. The molecule has 99 heavy (non-hydrogen) atoms. The fraction of sp³-hybridized carbons (Fsp3) is 0.369. The van der Waals surface area contributed by atoms with Crippen LogP contribution in [0.2, 0.25) is 0 Å². The van der Waals surface area contributed by atoms with E-state index in [4.69, 9.17) is 28.3 Å². The Morgan fingerprint density at radius 1 is 0.576 bits per heavy atom. The zero-order valence-corrected chi connectivity index (χ0v) is 54.1. The van der Waals surface area contributed by atoms with E-state index in [1.165, 1.54) is 74.9 Å². The highest BCUT2D eigenvalue weighted by Gasteiger charge is 2.37. The Labute approximate surface area is 567 Å². The number of phenols is 2. The molecule has 2 heterocycles. The molecule has 1 fully saturated rings. The van der Waals surface area contributed by atoms with Crippen molar-refractivity contribution in [3.05, 3.63) is 150 Å². The summed E-state index contributed by atoms with van der Waals surface area (Å²) in [7, 11) is 0. The van der Waals surface area contributed by atoms with Crippen molar-refractivity contribution in [2.75, 3.05) is 13.1 Å². The fourth-order valence-corrected chi connectivity index (χ4v) is 10.1. The standard InChI is InChI=1S/C65H83N19O15/c1-34-56(91)81-49(29-52(67)87)60(95)76-35(2)55(90)80-46(26-36-10-5-3-6-11-36)62(97)84-51(64(99)79-45(54(68)89)25-39-17-21-42(86)22-18-39)32-73-58(93)50(82-57(92)43(66)24-38-15-19-41(85)20-16-38)30-53(88)77-48(28-40-31-71-33-74-40)63(98)83-47(27-37-12-7-4-8-13-37)61(96)78-44(59(94)75-34)14-9-23-72-65(69)70/h3-8,10-13,15-22,31,33-35,43-51,85-86H,9,14,23-30,32,66H2,1-2H3,(H2,67,87)(H2,68,89)(H,71,74)(H,73,93)(H,75,94)(H,76,95)(H,77,88)(H,78,96)(H,79,99)(H,80,90)(H,81,91)(H,82,92)(H,83,98)(H,84,97)(H4,69,70,72)/t34-,35-,43-,44-,45-,46-,47+,48-,49-,50+,51?/m0/s1. The zero-order chi connectivity index (χ0) is 72.3. The van der Waals surface area contributed by atoms with Gasteiger partial charge in [0, 0.05) is 45.0 Å². The van der Waals surface area contributed by atoms with E-state index in [1.807, 2.05) is 0 Å². The number of nitrogens with one attached hydrogen (secondary N) is 14. The van der Waals surface area contributed by atoms with Crippen molar-refractivity contribution in [2.24, 2.45) is 22.9 Å². The van der Waals surface area contributed by atoms with E-state index in [2.05, 4.69) is 73.8 Å². The second kappa shape index (κ2) is 37.4. The summed E-state index contributed by atoms with van der Waals surface area (Å²) >= 11 is 0. The molecule has 0 saturated carbocycles. The van der Waals surface area contributed by atoms with Gasteiger partial charge >= 0.3 is 0 Å². The molecule has 34 heteroatoms. The molecule has 24 N–H and O–H groups in total. The summed E-state index contributed by atoms with van der Waals surface area (Å²) in [6.07, 6.45) is -0.631. The summed E-state index contributed by atoms with van der Waals surface area (Å²) in [5.74, 6) is -14.6. The number of amides is 13. The first-order valence-corrected chi connectivity index (χ1v) is 31.4. The third-order valence-electron chi connectivity index (χ3n) is 15.5. The maximum atomic E-state index is 14.8. The number of nitrogens with two attached hydrogens (primary N) is 4. The number of aromatic amines is 1. The van der Waals surface area contributed by atoms with Gasteiger partial charge in [-0.3, -0.25) is 67.7 Å². The third kappa shape index (κ3) is 25.3. The molecule has 1 aliphatic heterocycles.